The van der Waals surface area contributed by atoms with Gasteiger partial charge in [0.15, 0.2) is 0 Å². The zero-order valence-corrected chi connectivity index (χ0v) is 9.87. The molecule has 2 rings (SSSR count). The van der Waals surface area contributed by atoms with Gasteiger partial charge in [0.05, 0.1) is 6.10 Å². The second-order valence-corrected chi connectivity index (χ2v) is 4.41. The lowest BCUT2D eigenvalue weighted by Gasteiger charge is -2.06. The lowest BCUT2D eigenvalue weighted by molar-refractivity contribution is 0.166. The normalized spacial score (nSPS) is 19.5. The Balaban J connectivity index is 2.11. The number of aromatic nitrogens is 1. The first kappa shape index (κ1) is 11.3. The molecule has 1 aliphatic carbocycles. The van der Waals surface area contributed by atoms with Crippen molar-refractivity contribution < 1.29 is 5.11 Å². The summed E-state index contributed by atoms with van der Waals surface area (Å²) in [5, 5.41) is 9.98. The highest BCUT2D eigenvalue weighted by Gasteiger charge is 2.17. The molecule has 0 fully saturated rings. The van der Waals surface area contributed by atoms with Crippen molar-refractivity contribution >= 4 is 0 Å². The van der Waals surface area contributed by atoms with Crippen LogP contribution in [-0.4, -0.2) is 9.67 Å². The maximum Gasteiger partial charge on any atom is 0.0807 e. The van der Waals surface area contributed by atoms with Crippen LogP contribution < -0.4 is 0 Å². The van der Waals surface area contributed by atoms with E-state index in [4.69, 9.17) is 0 Å². The summed E-state index contributed by atoms with van der Waals surface area (Å²) in [6.07, 6.45) is 9.27. The molecule has 1 aromatic heterocycles. The van der Waals surface area contributed by atoms with Crippen LogP contribution in [0.1, 0.15) is 49.8 Å². The van der Waals surface area contributed by atoms with Crippen LogP contribution in [0.15, 0.2) is 12.4 Å². The number of aryl methyl sites for hydroxylation is 2. The average molecular weight is 217 g/mol. The lowest BCUT2D eigenvalue weighted by atomic mass is 10.1. The van der Waals surface area contributed by atoms with Gasteiger partial charge < -0.3 is 9.67 Å². The molecule has 1 aromatic rings. The van der Waals surface area contributed by atoms with E-state index in [1.54, 1.807) is 0 Å². The molecule has 2 heteroatoms. The maximum atomic E-state index is 9.98. The van der Waals surface area contributed by atoms with E-state index in [0.717, 1.165) is 37.8 Å². The molecule has 86 valence electrons. The van der Waals surface area contributed by atoms with Crippen LogP contribution in [0.2, 0.25) is 0 Å². The Morgan fingerprint density at radius 3 is 3.12 bits per heavy atom. The molecular formula is C14H19NO. The molecule has 0 aliphatic heterocycles. The summed E-state index contributed by atoms with van der Waals surface area (Å²) in [6.45, 7) is 2.80. The molecule has 0 amide bonds. The van der Waals surface area contributed by atoms with Gasteiger partial charge in [-0.3, -0.25) is 0 Å². The van der Waals surface area contributed by atoms with Gasteiger partial charge in [0.2, 0.25) is 0 Å². The van der Waals surface area contributed by atoms with Crippen molar-refractivity contribution in [2.24, 2.45) is 0 Å². The summed E-state index contributed by atoms with van der Waals surface area (Å²) in [4.78, 5) is 0. The smallest absolute Gasteiger partial charge is 0.0807 e. The van der Waals surface area contributed by atoms with Crippen LogP contribution in [0.25, 0.3) is 0 Å². The minimum atomic E-state index is -0.254. The van der Waals surface area contributed by atoms with Crippen LogP contribution in [0.4, 0.5) is 0 Å². The van der Waals surface area contributed by atoms with Crippen LogP contribution in [0.3, 0.4) is 0 Å². The van der Waals surface area contributed by atoms with Crippen molar-refractivity contribution in [2.75, 3.05) is 0 Å². The molecular weight excluding hydrogens is 198 g/mol. The topological polar surface area (TPSA) is 25.2 Å². The number of hydrogen-bond acceptors (Lipinski definition) is 1. The molecule has 1 heterocycles. The summed E-state index contributed by atoms with van der Waals surface area (Å²) in [7, 11) is 0. The van der Waals surface area contributed by atoms with Crippen molar-refractivity contribution in [3.8, 4) is 11.8 Å². The van der Waals surface area contributed by atoms with E-state index in [1.165, 1.54) is 12.0 Å². The van der Waals surface area contributed by atoms with Gasteiger partial charge in [-0.15, -0.1) is 11.8 Å². The van der Waals surface area contributed by atoms with E-state index in [0.29, 0.717) is 0 Å². The summed E-state index contributed by atoms with van der Waals surface area (Å²) in [5.41, 5.74) is 2.47. The van der Waals surface area contributed by atoms with E-state index < -0.39 is 0 Å². The quantitative estimate of drug-likeness (QED) is 0.598. The summed E-state index contributed by atoms with van der Waals surface area (Å²) in [6, 6.07) is 0. The van der Waals surface area contributed by atoms with Crippen LogP contribution >= 0.6 is 0 Å². The Bertz CT molecular complexity index is 408. The second-order valence-electron chi connectivity index (χ2n) is 4.41. The monoisotopic (exact) mass is 217 g/mol. The highest BCUT2D eigenvalue weighted by Crippen LogP contribution is 2.29. The summed E-state index contributed by atoms with van der Waals surface area (Å²) < 4.78 is 2.17. The molecule has 0 spiro atoms. The van der Waals surface area contributed by atoms with E-state index in [2.05, 4.69) is 28.8 Å². The Morgan fingerprint density at radius 2 is 2.31 bits per heavy atom. The standard InChI is InChI=1S/C14H19NO/c1-2-3-6-9-15-10-12-7-4-5-8-14(16)13(12)11-15/h10-11,14,16H,4-9H2,1H3. The van der Waals surface area contributed by atoms with Crippen molar-refractivity contribution in [1.82, 2.24) is 4.57 Å². The van der Waals surface area contributed by atoms with Gasteiger partial charge in [-0.1, -0.05) is 6.42 Å². The first-order chi connectivity index (χ1) is 7.81. The number of fused-ring (bicyclic) bond motifs is 1. The number of nitrogens with zero attached hydrogens (tertiary/aromatic N) is 1. The van der Waals surface area contributed by atoms with Crippen molar-refractivity contribution in [3.05, 3.63) is 23.5 Å². The molecule has 0 saturated heterocycles. The summed E-state index contributed by atoms with van der Waals surface area (Å²) in [5.74, 6) is 5.97. The molecule has 0 bridgehead atoms. The predicted molar refractivity (Wildman–Crippen MR) is 65.0 cm³/mol. The number of rotatable bonds is 2. The van der Waals surface area contributed by atoms with Gasteiger partial charge in [-0.25, -0.2) is 0 Å². The Morgan fingerprint density at radius 1 is 1.44 bits per heavy atom. The average Bonchev–Trinajstić information content (AvgIpc) is 2.61. The Hall–Kier alpha value is -1.20. The van der Waals surface area contributed by atoms with Gasteiger partial charge in [0, 0.05) is 30.9 Å². The van der Waals surface area contributed by atoms with E-state index in [1.807, 2.05) is 6.92 Å². The minimum Gasteiger partial charge on any atom is -0.388 e. The third-order valence-electron chi connectivity index (χ3n) is 3.20. The minimum absolute atomic E-state index is 0.254. The van der Waals surface area contributed by atoms with Gasteiger partial charge in [-0.2, -0.15) is 0 Å². The third kappa shape index (κ3) is 2.48. The molecule has 0 saturated carbocycles. The number of aliphatic hydroxyl groups excluding tert-OH is 1. The van der Waals surface area contributed by atoms with E-state index in [9.17, 15) is 5.11 Å². The zero-order chi connectivity index (χ0) is 11.4. The molecule has 0 aromatic carbocycles. The largest absolute Gasteiger partial charge is 0.388 e. The highest BCUT2D eigenvalue weighted by molar-refractivity contribution is 5.28. The van der Waals surface area contributed by atoms with Crippen LogP contribution in [0.5, 0.6) is 0 Å². The van der Waals surface area contributed by atoms with Gasteiger partial charge in [0.1, 0.15) is 0 Å². The molecule has 1 N–H and O–H groups in total. The predicted octanol–water partition coefficient (Wildman–Crippen LogP) is 2.66. The third-order valence-corrected chi connectivity index (χ3v) is 3.20. The fraction of sp³-hybridized carbons (Fsp3) is 0.571. The fourth-order valence-electron chi connectivity index (χ4n) is 2.33. The lowest BCUT2D eigenvalue weighted by Crippen LogP contribution is -1.96. The molecule has 0 radical (unpaired) electrons. The van der Waals surface area contributed by atoms with Crippen LogP contribution in [0, 0.1) is 11.8 Å². The van der Waals surface area contributed by atoms with Crippen molar-refractivity contribution in [1.29, 1.82) is 0 Å². The number of aliphatic hydroxyl groups is 1. The Kier molecular flexibility index (Phi) is 3.69. The molecule has 2 nitrogen and oxygen atoms in total. The van der Waals surface area contributed by atoms with E-state index >= 15 is 0 Å². The fourth-order valence-corrected chi connectivity index (χ4v) is 2.33. The maximum absolute atomic E-state index is 9.98. The van der Waals surface area contributed by atoms with Crippen molar-refractivity contribution in [2.45, 2.75) is 51.7 Å². The van der Waals surface area contributed by atoms with Gasteiger partial charge >= 0.3 is 0 Å². The SMILES string of the molecule is CC#CCCn1cc2c(c1)C(O)CCCC2. The van der Waals surface area contributed by atoms with Crippen LogP contribution in [-0.2, 0) is 13.0 Å². The summed E-state index contributed by atoms with van der Waals surface area (Å²) >= 11 is 0. The van der Waals surface area contributed by atoms with Gasteiger partial charge in [0.25, 0.3) is 0 Å². The number of hydrogen-bond donors (Lipinski definition) is 1. The molecule has 1 atom stereocenters. The first-order valence-electron chi connectivity index (χ1n) is 6.07. The first-order valence-corrected chi connectivity index (χ1v) is 6.07. The Labute approximate surface area is 97.3 Å². The second kappa shape index (κ2) is 5.23. The zero-order valence-electron chi connectivity index (χ0n) is 9.87. The molecule has 16 heavy (non-hydrogen) atoms. The molecule has 1 aliphatic rings. The van der Waals surface area contributed by atoms with E-state index in [-0.39, 0.29) is 6.10 Å². The van der Waals surface area contributed by atoms with Crippen molar-refractivity contribution in [3.63, 3.8) is 0 Å². The van der Waals surface area contributed by atoms with Gasteiger partial charge in [-0.05, 0) is 31.7 Å². The molecule has 1 unspecified atom stereocenters. The highest BCUT2D eigenvalue weighted by atomic mass is 16.3.